The summed E-state index contributed by atoms with van der Waals surface area (Å²) in [4.78, 5) is 6.74. The minimum Gasteiger partial charge on any atom is -0.361 e. The van der Waals surface area contributed by atoms with Crippen LogP contribution in [0.1, 0.15) is 30.9 Å². The SMILES string of the molecule is CN=C(NCc1c(C)noc1C)N1CCSC(C)(C)C1.I. The van der Waals surface area contributed by atoms with Gasteiger partial charge in [-0.1, -0.05) is 5.16 Å². The van der Waals surface area contributed by atoms with Crippen molar-refractivity contribution in [2.75, 3.05) is 25.9 Å². The van der Waals surface area contributed by atoms with Crippen LogP contribution in [0.25, 0.3) is 0 Å². The van der Waals surface area contributed by atoms with E-state index in [0.717, 1.165) is 41.8 Å². The average Bonchev–Trinajstić information content (AvgIpc) is 2.69. The Kier molecular flexibility index (Phi) is 6.83. The van der Waals surface area contributed by atoms with Crippen molar-refractivity contribution in [2.24, 2.45) is 4.99 Å². The number of aromatic nitrogens is 1. The third-order valence-electron chi connectivity index (χ3n) is 3.54. The van der Waals surface area contributed by atoms with Gasteiger partial charge in [-0.25, -0.2) is 0 Å². The number of thioether (sulfide) groups is 1. The second kappa shape index (κ2) is 7.71. The lowest BCUT2D eigenvalue weighted by atomic mass is 10.2. The molecule has 1 aromatic rings. The predicted octanol–water partition coefficient (Wildman–Crippen LogP) is 2.81. The Hall–Kier alpha value is -0.440. The van der Waals surface area contributed by atoms with Gasteiger partial charge in [0.15, 0.2) is 5.96 Å². The molecular weight excluding hydrogens is 399 g/mol. The lowest BCUT2D eigenvalue weighted by Gasteiger charge is -2.39. The molecule has 0 atom stereocenters. The molecule has 7 heteroatoms. The standard InChI is InChI=1S/C14H24N4OS.HI/c1-10-12(11(2)19-17-10)8-16-13(15-5)18-6-7-20-14(3,4)9-18;/h6-9H2,1-5H3,(H,15,16);1H. The largest absolute Gasteiger partial charge is 0.361 e. The van der Waals surface area contributed by atoms with Gasteiger partial charge in [0.05, 0.1) is 5.69 Å². The molecule has 0 amide bonds. The smallest absolute Gasteiger partial charge is 0.193 e. The molecule has 2 heterocycles. The quantitative estimate of drug-likeness (QED) is 0.450. The first-order valence-corrected chi connectivity index (χ1v) is 7.93. The van der Waals surface area contributed by atoms with Gasteiger partial charge in [0.2, 0.25) is 0 Å². The molecule has 0 aromatic carbocycles. The number of hydrogen-bond acceptors (Lipinski definition) is 4. The van der Waals surface area contributed by atoms with Crippen LogP contribution in [0.3, 0.4) is 0 Å². The maximum Gasteiger partial charge on any atom is 0.193 e. The number of hydrogen-bond donors (Lipinski definition) is 1. The van der Waals surface area contributed by atoms with E-state index < -0.39 is 0 Å². The van der Waals surface area contributed by atoms with E-state index in [0.29, 0.717) is 6.54 Å². The predicted molar refractivity (Wildman–Crippen MR) is 99.7 cm³/mol. The maximum atomic E-state index is 5.19. The second-order valence-electron chi connectivity index (χ2n) is 5.73. The number of guanidine groups is 1. The van der Waals surface area contributed by atoms with E-state index in [1.165, 1.54) is 0 Å². The van der Waals surface area contributed by atoms with Crippen molar-refractivity contribution in [1.82, 2.24) is 15.4 Å². The van der Waals surface area contributed by atoms with E-state index in [-0.39, 0.29) is 28.7 Å². The molecule has 5 nitrogen and oxygen atoms in total. The molecular formula is C14H25IN4OS. The zero-order chi connectivity index (χ0) is 14.8. The molecule has 1 aliphatic heterocycles. The van der Waals surface area contributed by atoms with Crippen molar-refractivity contribution in [1.29, 1.82) is 0 Å². The van der Waals surface area contributed by atoms with E-state index in [1.807, 2.05) is 32.7 Å². The first kappa shape index (κ1) is 18.6. The zero-order valence-electron chi connectivity index (χ0n) is 13.4. The summed E-state index contributed by atoms with van der Waals surface area (Å²) in [5, 5.41) is 7.41. The first-order valence-electron chi connectivity index (χ1n) is 6.94. The molecule has 1 saturated heterocycles. The van der Waals surface area contributed by atoms with Gasteiger partial charge in [0.25, 0.3) is 0 Å². The highest BCUT2D eigenvalue weighted by Crippen LogP contribution is 2.29. The number of aryl methyl sites for hydroxylation is 2. The third-order valence-corrected chi connectivity index (χ3v) is 4.84. The Bertz CT molecular complexity index is 482. The fourth-order valence-electron chi connectivity index (χ4n) is 2.45. The average molecular weight is 424 g/mol. The van der Waals surface area contributed by atoms with Crippen LogP contribution in [0.5, 0.6) is 0 Å². The molecule has 0 unspecified atom stereocenters. The van der Waals surface area contributed by atoms with Gasteiger partial charge >= 0.3 is 0 Å². The Labute approximate surface area is 148 Å². The van der Waals surface area contributed by atoms with Gasteiger partial charge in [-0.15, -0.1) is 24.0 Å². The van der Waals surface area contributed by atoms with Crippen LogP contribution in [0, 0.1) is 13.8 Å². The van der Waals surface area contributed by atoms with Gasteiger partial charge < -0.3 is 14.7 Å². The summed E-state index contributed by atoms with van der Waals surface area (Å²) in [6.07, 6.45) is 0. The van der Waals surface area contributed by atoms with Crippen LogP contribution >= 0.6 is 35.7 Å². The van der Waals surface area contributed by atoms with Crippen molar-refractivity contribution >= 4 is 41.7 Å². The molecule has 0 saturated carbocycles. The Morgan fingerprint density at radius 1 is 1.48 bits per heavy atom. The molecule has 0 aliphatic carbocycles. The topological polar surface area (TPSA) is 53.7 Å². The van der Waals surface area contributed by atoms with Crippen LogP contribution in [0.4, 0.5) is 0 Å². The monoisotopic (exact) mass is 424 g/mol. The second-order valence-corrected chi connectivity index (χ2v) is 7.54. The molecule has 1 aliphatic rings. The number of rotatable bonds is 2. The molecule has 0 bridgehead atoms. The summed E-state index contributed by atoms with van der Waals surface area (Å²) in [5.41, 5.74) is 2.07. The molecule has 21 heavy (non-hydrogen) atoms. The minimum atomic E-state index is 0. The lowest BCUT2D eigenvalue weighted by molar-refractivity contribution is 0.375. The normalized spacial score (nSPS) is 18.3. The van der Waals surface area contributed by atoms with E-state index in [2.05, 4.69) is 34.2 Å². The summed E-state index contributed by atoms with van der Waals surface area (Å²) < 4.78 is 5.47. The summed E-state index contributed by atoms with van der Waals surface area (Å²) in [5.74, 6) is 2.97. The van der Waals surface area contributed by atoms with Crippen molar-refractivity contribution in [3.8, 4) is 0 Å². The number of nitrogens with one attached hydrogen (secondary N) is 1. The molecule has 1 aromatic heterocycles. The van der Waals surface area contributed by atoms with Crippen LogP contribution in [-0.4, -0.2) is 46.7 Å². The van der Waals surface area contributed by atoms with E-state index in [9.17, 15) is 0 Å². The number of aliphatic imine (C=N–C) groups is 1. The Balaban J connectivity index is 0.00000220. The highest BCUT2D eigenvalue weighted by molar-refractivity contribution is 14.0. The van der Waals surface area contributed by atoms with Gasteiger partial charge in [-0.3, -0.25) is 4.99 Å². The molecule has 2 rings (SSSR count). The number of nitrogens with zero attached hydrogens (tertiary/aromatic N) is 3. The van der Waals surface area contributed by atoms with Crippen molar-refractivity contribution in [3.05, 3.63) is 17.0 Å². The molecule has 120 valence electrons. The molecule has 0 spiro atoms. The van der Waals surface area contributed by atoms with Gasteiger partial charge in [0.1, 0.15) is 5.76 Å². The van der Waals surface area contributed by atoms with Crippen molar-refractivity contribution < 1.29 is 4.52 Å². The summed E-state index contributed by atoms with van der Waals surface area (Å²) >= 11 is 2.02. The molecule has 1 N–H and O–H groups in total. The van der Waals surface area contributed by atoms with Crippen molar-refractivity contribution in [2.45, 2.75) is 39.0 Å². The fraction of sp³-hybridized carbons (Fsp3) is 0.714. The highest BCUT2D eigenvalue weighted by Gasteiger charge is 2.28. The summed E-state index contributed by atoms with van der Waals surface area (Å²) in [7, 11) is 1.84. The highest BCUT2D eigenvalue weighted by atomic mass is 127. The van der Waals surface area contributed by atoms with Gasteiger partial charge in [0, 0.05) is 42.7 Å². The van der Waals surface area contributed by atoms with Crippen LogP contribution in [0.15, 0.2) is 9.52 Å². The van der Waals surface area contributed by atoms with Crippen LogP contribution in [0.2, 0.25) is 0 Å². The van der Waals surface area contributed by atoms with Gasteiger partial charge in [-0.2, -0.15) is 11.8 Å². The summed E-state index contributed by atoms with van der Waals surface area (Å²) in [6, 6.07) is 0. The first-order chi connectivity index (χ1) is 9.43. The minimum absolute atomic E-state index is 0. The molecule has 0 radical (unpaired) electrons. The molecule has 1 fully saturated rings. The third kappa shape index (κ3) is 4.77. The Morgan fingerprint density at radius 3 is 2.71 bits per heavy atom. The maximum absolute atomic E-state index is 5.19. The summed E-state index contributed by atoms with van der Waals surface area (Å²) in [6.45, 7) is 11.2. The Morgan fingerprint density at radius 2 is 2.19 bits per heavy atom. The van der Waals surface area contributed by atoms with Crippen LogP contribution in [-0.2, 0) is 6.54 Å². The zero-order valence-corrected chi connectivity index (χ0v) is 16.5. The van der Waals surface area contributed by atoms with E-state index in [1.54, 1.807) is 0 Å². The lowest BCUT2D eigenvalue weighted by Crippen LogP contribution is -2.50. The van der Waals surface area contributed by atoms with Gasteiger partial charge in [-0.05, 0) is 27.7 Å². The van der Waals surface area contributed by atoms with E-state index in [4.69, 9.17) is 4.52 Å². The van der Waals surface area contributed by atoms with Crippen molar-refractivity contribution in [3.63, 3.8) is 0 Å². The van der Waals surface area contributed by atoms with Crippen LogP contribution < -0.4 is 5.32 Å². The number of halogens is 1. The fourth-order valence-corrected chi connectivity index (χ4v) is 3.56. The van der Waals surface area contributed by atoms with E-state index >= 15 is 0 Å².